The standard InChI is InChI=1S/C12H20N6O/c1-5-14-10(19)8(4)18-11-9(15-12(18)13)7(3)16-17(11)6-2/h8H,5-6H2,1-4H3,(H2,13,15)(H,14,19). The van der Waals surface area contributed by atoms with Gasteiger partial charge in [0.1, 0.15) is 11.6 Å². The number of aryl methyl sites for hydroxylation is 2. The predicted molar refractivity (Wildman–Crippen MR) is 73.7 cm³/mol. The number of likely N-dealkylation sites (N-methyl/N-ethyl adjacent to an activating group) is 1. The fraction of sp³-hybridized carbons (Fsp3) is 0.583. The van der Waals surface area contributed by atoms with Crippen LogP contribution in [0.4, 0.5) is 5.95 Å². The Morgan fingerprint density at radius 3 is 2.74 bits per heavy atom. The molecule has 0 aliphatic carbocycles. The quantitative estimate of drug-likeness (QED) is 0.856. The van der Waals surface area contributed by atoms with Crippen LogP contribution in [-0.2, 0) is 11.3 Å². The SMILES string of the molecule is CCNC(=O)C(C)n1c(N)nc2c(C)nn(CC)c21. The Bertz CT molecular complexity index is 611. The molecule has 2 rings (SSSR count). The lowest BCUT2D eigenvalue weighted by Gasteiger charge is -2.15. The number of aromatic nitrogens is 4. The van der Waals surface area contributed by atoms with Crippen molar-refractivity contribution in [2.24, 2.45) is 0 Å². The Labute approximate surface area is 111 Å². The van der Waals surface area contributed by atoms with Gasteiger partial charge >= 0.3 is 0 Å². The first kappa shape index (κ1) is 13.4. The fourth-order valence-electron chi connectivity index (χ4n) is 2.25. The minimum Gasteiger partial charge on any atom is -0.369 e. The van der Waals surface area contributed by atoms with Crippen molar-refractivity contribution in [2.45, 2.75) is 40.3 Å². The minimum atomic E-state index is -0.411. The van der Waals surface area contributed by atoms with Crippen LogP contribution in [0.25, 0.3) is 11.2 Å². The number of anilines is 1. The number of nitrogen functional groups attached to an aromatic ring is 1. The molecule has 0 saturated carbocycles. The molecule has 1 unspecified atom stereocenters. The normalized spacial score (nSPS) is 12.8. The third-order valence-corrected chi connectivity index (χ3v) is 3.19. The number of nitrogens with one attached hydrogen (secondary N) is 1. The summed E-state index contributed by atoms with van der Waals surface area (Å²) in [5, 5.41) is 7.20. The van der Waals surface area contributed by atoms with Gasteiger partial charge in [0, 0.05) is 13.1 Å². The molecule has 0 fully saturated rings. The smallest absolute Gasteiger partial charge is 0.242 e. The molecule has 104 valence electrons. The zero-order chi connectivity index (χ0) is 14.2. The molecule has 0 aromatic carbocycles. The highest BCUT2D eigenvalue weighted by Gasteiger charge is 2.23. The third kappa shape index (κ3) is 2.05. The van der Waals surface area contributed by atoms with Gasteiger partial charge in [-0.25, -0.2) is 9.67 Å². The largest absolute Gasteiger partial charge is 0.369 e. The molecule has 2 aromatic rings. The number of hydrogen-bond acceptors (Lipinski definition) is 4. The van der Waals surface area contributed by atoms with E-state index in [2.05, 4.69) is 15.4 Å². The number of nitrogens with two attached hydrogens (primary N) is 1. The Balaban J connectivity index is 2.58. The summed E-state index contributed by atoms with van der Waals surface area (Å²) in [5.41, 5.74) is 8.34. The molecular formula is C12H20N6O. The lowest BCUT2D eigenvalue weighted by atomic mass is 10.3. The average molecular weight is 264 g/mol. The first-order chi connectivity index (χ1) is 9.01. The van der Waals surface area contributed by atoms with Crippen LogP contribution in [0.1, 0.15) is 32.5 Å². The predicted octanol–water partition coefficient (Wildman–Crippen LogP) is 0.840. The number of imidazole rings is 1. The summed E-state index contributed by atoms with van der Waals surface area (Å²) in [6.07, 6.45) is 0. The van der Waals surface area contributed by atoms with Crippen molar-refractivity contribution >= 4 is 23.0 Å². The van der Waals surface area contributed by atoms with E-state index in [0.717, 1.165) is 16.9 Å². The molecule has 1 amide bonds. The molecule has 3 N–H and O–H groups in total. The van der Waals surface area contributed by atoms with Gasteiger partial charge in [0.05, 0.1) is 5.69 Å². The van der Waals surface area contributed by atoms with Gasteiger partial charge in [-0.3, -0.25) is 9.36 Å². The Morgan fingerprint density at radius 1 is 1.47 bits per heavy atom. The molecule has 0 saturated heterocycles. The van der Waals surface area contributed by atoms with Gasteiger partial charge in [-0.15, -0.1) is 0 Å². The molecule has 1 atom stereocenters. The van der Waals surface area contributed by atoms with E-state index in [1.807, 2.05) is 32.4 Å². The summed E-state index contributed by atoms with van der Waals surface area (Å²) < 4.78 is 3.56. The van der Waals surface area contributed by atoms with Gasteiger partial charge in [0.15, 0.2) is 5.65 Å². The van der Waals surface area contributed by atoms with E-state index in [1.165, 1.54) is 0 Å². The molecular weight excluding hydrogens is 244 g/mol. The van der Waals surface area contributed by atoms with Crippen molar-refractivity contribution < 1.29 is 4.79 Å². The van der Waals surface area contributed by atoms with E-state index >= 15 is 0 Å². The van der Waals surface area contributed by atoms with E-state index in [-0.39, 0.29) is 5.91 Å². The molecule has 0 aliphatic rings. The lowest BCUT2D eigenvalue weighted by Crippen LogP contribution is -2.31. The van der Waals surface area contributed by atoms with Crippen LogP contribution < -0.4 is 11.1 Å². The Hall–Kier alpha value is -2.05. The van der Waals surface area contributed by atoms with Crippen LogP contribution in [0, 0.1) is 6.92 Å². The van der Waals surface area contributed by atoms with E-state index in [0.29, 0.717) is 19.0 Å². The molecule has 2 heterocycles. The average Bonchev–Trinajstić information content (AvgIpc) is 2.86. The summed E-state index contributed by atoms with van der Waals surface area (Å²) in [4.78, 5) is 16.3. The van der Waals surface area contributed by atoms with Crippen LogP contribution in [0.15, 0.2) is 0 Å². The number of carbonyl (C=O) groups excluding carboxylic acids is 1. The van der Waals surface area contributed by atoms with E-state index in [9.17, 15) is 4.79 Å². The van der Waals surface area contributed by atoms with Crippen molar-refractivity contribution in [1.82, 2.24) is 24.6 Å². The Morgan fingerprint density at radius 2 is 2.16 bits per heavy atom. The maximum atomic E-state index is 12.0. The van der Waals surface area contributed by atoms with Gasteiger partial charge in [-0.1, -0.05) is 0 Å². The molecule has 7 heteroatoms. The zero-order valence-electron chi connectivity index (χ0n) is 11.8. The summed E-state index contributed by atoms with van der Waals surface area (Å²) in [7, 11) is 0. The maximum absolute atomic E-state index is 12.0. The number of carbonyl (C=O) groups is 1. The highest BCUT2D eigenvalue weighted by atomic mass is 16.2. The maximum Gasteiger partial charge on any atom is 0.242 e. The zero-order valence-corrected chi connectivity index (χ0v) is 11.8. The number of fused-ring (bicyclic) bond motifs is 1. The summed E-state index contributed by atoms with van der Waals surface area (Å²) in [6, 6.07) is -0.411. The molecule has 2 aromatic heterocycles. The molecule has 19 heavy (non-hydrogen) atoms. The van der Waals surface area contributed by atoms with E-state index in [4.69, 9.17) is 5.73 Å². The van der Waals surface area contributed by atoms with Gasteiger partial charge in [-0.2, -0.15) is 5.10 Å². The van der Waals surface area contributed by atoms with Crippen molar-refractivity contribution in [3.05, 3.63) is 5.69 Å². The number of amides is 1. The minimum absolute atomic E-state index is 0.0741. The van der Waals surface area contributed by atoms with Crippen molar-refractivity contribution in [3.63, 3.8) is 0 Å². The highest BCUT2D eigenvalue weighted by molar-refractivity contribution is 5.85. The number of rotatable bonds is 4. The molecule has 0 aliphatic heterocycles. The summed E-state index contributed by atoms with van der Waals surface area (Å²) >= 11 is 0. The fourth-order valence-corrected chi connectivity index (χ4v) is 2.25. The topological polar surface area (TPSA) is 90.8 Å². The van der Waals surface area contributed by atoms with Crippen LogP contribution in [0.5, 0.6) is 0 Å². The second kappa shape index (κ2) is 4.91. The molecule has 0 bridgehead atoms. The monoisotopic (exact) mass is 264 g/mol. The van der Waals surface area contributed by atoms with Gasteiger partial charge in [0.2, 0.25) is 11.9 Å². The third-order valence-electron chi connectivity index (χ3n) is 3.19. The second-order valence-corrected chi connectivity index (χ2v) is 4.48. The van der Waals surface area contributed by atoms with Crippen LogP contribution in [0.3, 0.4) is 0 Å². The van der Waals surface area contributed by atoms with Crippen molar-refractivity contribution in [3.8, 4) is 0 Å². The van der Waals surface area contributed by atoms with Gasteiger partial charge in [-0.05, 0) is 27.7 Å². The Kier molecular flexibility index (Phi) is 3.46. The van der Waals surface area contributed by atoms with Crippen LogP contribution in [0.2, 0.25) is 0 Å². The highest BCUT2D eigenvalue weighted by Crippen LogP contribution is 2.25. The van der Waals surface area contributed by atoms with Crippen LogP contribution >= 0.6 is 0 Å². The molecule has 0 radical (unpaired) electrons. The van der Waals surface area contributed by atoms with Crippen molar-refractivity contribution in [1.29, 1.82) is 0 Å². The number of hydrogen-bond donors (Lipinski definition) is 2. The molecule has 0 spiro atoms. The van der Waals surface area contributed by atoms with Crippen molar-refractivity contribution in [2.75, 3.05) is 12.3 Å². The first-order valence-corrected chi connectivity index (χ1v) is 6.49. The number of nitrogens with zero attached hydrogens (tertiary/aromatic N) is 4. The summed E-state index contributed by atoms with van der Waals surface area (Å²) in [5.74, 6) is 0.270. The first-order valence-electron chi connectivity index (χ1n) is 6.49. The van der Waals surface area contributed by atoms with Gasteiger partial charge in [0.25, 0.3) is 0 Å². The van der Waals surface area contributed by atoms with E-state index < -0.39 is 6.04 Å². The van der Waals surface area contributed by atoms with Crippen LogP contribution in [-0.4, -0.2) is 31.8 Å². The molecule has 7 nitrogen and oxygen atoms in total. The lowest BCUT2D eigenvalue weighted by molar-refractivity contribution is -0.123. The van der Waals surface area contributed by atoms with E-state index in [1.54, 1.807) is 4.57 Å². The second-order valence-electron chi connectivity index (χ2n) is 4.48. The summed E-state index contributed by atoms with van der Waals surface area (Å²) in [6.45, 7) is 8.88. The van der Waals surface area contributed by atoms with Gasteiger partial charge < -0.3 is 11.1 Å².